The standard InChI is InChI=1S/C7H10N2O/c1-6(9-10-2)7-4-3-5-8-7/h3-5,8H,1-2H3/b9-6-. The molecule has 1 heterocycles. The fourth-order valence-electron chi connectivity index (χ4n) is 0.741. The molecule has 0 aliphatic heterocycles. The van der Waals surface area contributed by atoms with E-state index in [9.17, 15) is 0 Å². The summed E-state index contributed by atoms with van der Waals surface area (Å²) < 4.78 is 0. The Kier molecular flexibility index (Phi) is 2.10. The van der Waals surface area contributed by atoms with E-state index >= 15 is 0 Å². The normalized spacial score (nSPS) is 11.6. The van der Waals surface area contributed by atoms with Gasteiger partial charge in [0.2, 0.25) is 0 Å². The van der Waals surface area contributed by atoms with Crippen molar-refractivity contribution in [3.05, 3.63) is 24.0 Å². The quantitative estimate of drug-likeness (QED) is 0.486. The van der Waals surface area contributed by atoms with Crippen molar-refractivity contribution >= 4 is 5.71 Å². The van der Waals surface area contributed by atoms with E-state index in [2.05, 4.69) is 15.0 Å². The second kappa shape index (κ2) is 3.06. The second-order valence-electron chi connectivity index (χ2n) is 1.94. The zero-order chi connectivity index (χ0) is 7.40. The Bertz CT molecular complexity index is 214. The van der Waals surface area contributed by atoms with Crippen LogP contribution in [0.1, 0.15) is 12.6 Å². The van der Waals surface area contributed by atoms with Crippen molar-refractivity contribution < 1.29 is 4.84 Å². The van der Waals surface area contributed by atoms with Crippen LogP contribution in [0.3, 0.4) is 0 Å². The van der Waals surface area contributed by atoms with Gasteiger partial charge in [0.05, 0.1) is 11.4 Å². The number of aromatic nitrogens is 1. The van der Waals surface area contributed by atoms with Crippen molar-refractivity contribution in [1.29, 1.82) is 0 Å². The molecule has 3 heteroatoms. The molecule has 0 unspecified atom stereocenters. The number of oxime groups is 1. The lowest BCUT2D eigenvalue weighted by Crippen LogP contribution is -1.94. The Morgan fingerprint density at radius 3 is 3.00 bits per heavy atom. The maximum Gasteiger partial charge on any atom is 0.106 e. The number of hydrogen-bond donors (Lipinski definition) is 1. The molecule has 0 spiro atoms. The van der Waals surface area contributed by atoms with E-state index in [4.69, 9.17) is 0 Å². The molecular weight excluding hydrogens is 128 g/mol. The van der Waals surface area contributed by atoms with Gasteiger partial charge in [-0.15, -0.1) is 0 Å². The van der Waals surface area contributed by atoms with Crippen LogP contribution >= 0.6 is 0 Å². The summed E-state index contributed by atoms with van der Waals surface area (Å²) in [5.41, 5.74) is 1.84. The first-order chi connectivity index (χ1) is 4.84. The Labute approximate surface area is 59.7 Å². The van der Waals surface area contributed by atoms with E-state index in [1.54, 1.807) is 0 Å². The van der Waals surface area contributed by atoms with Crippen LogP contribution in [0.5, 0.6) is 0 Å². The highest BCUT2D eigenvalue weighted by atomic mass is 16.6. The fraction of sp³-hybridized carbons (Fsp3) is 0.286. The van der Waals surface area contributed by atoms with Gasteiger partial charge in [0.15, 0.2) is 0 Å². The van der Waals surface area contributed by atoms with Gasteiger partial charge in [0.25, 0.3) is 0 Å². The Morgan fingerprint density at radius 2 is 2.50 bits per heavy atom. The smallest absolute Gasteiger partial charge is 0.106 e. The first-order valence-electron chi connectivity index (χ1n) is 3.06. The van der Waals surface area contributed by atoms with Crippen LogP contribution in [0, 0.1) is 0 Å². The number of aromatic amines is 1. The Morgan fingerprint density at radius 1 is 1.70 bits per heavy atom. The number of nitrogens with one attached hydrogen (secondary N) is 1. The molecule has 0 fully saturated rings. The summed E-state index contributed by atoms with van der Waals surface area (Å²) in [4.78, 5) is 7.61. The molecule has 0 aliphatic rings. The van der Waals surface area contributed by atoms with Gasteiger partial charge in [-0.05, 0) is 19.1 Å². The minimum Gasteiger partial charge on any atom is -0.399 e. The second-order valence-corrected chi connectivity index (χ2v) is 1.94. The minimum absolute atomic E-state index is 0.854. The van der Waals surface area contributed by atoms with E-state index in [1.807, 2.05) is 25.3 Å². The van der Waals surface area contributed by atoms with Crippen molar-refractivity contribution in [2.24, 2.45) is 5.16 Å². The third kappa shape index (κ3) is 1.37. The zero-order valence-corrected chi connectivity index (χ0v) is 6.09. The Balaban J connectivity index is 2.77. The number of hydrogen-bond acceptors (Lipinski definition) is 2. The number of H-pyrrole nitrogens is 1. The number of nitrogens with zero attached hydrogens (tertiary/aromatic N) is 1. The summed E-state index contributed by atoms with van der Waals surface area (Å²) in [6, 6.07) is 3.86. The molecule has 3 nitrogen and oxygen atoms in total. The average Bonchev–Trinajstić information content (AvgIpc) is 2.38. The first kappa shape index (κ1) is 6.86. The van der Waals surface area contributed by atoms with E-state index < -0.39 is 0 Å². The maximum absolute atomic E-state index is 4.60. The lowest BCUT2D eigenvalue weighted by atomic mass is 10.3. The molecule has 0 saturated carbocycles. The van der Waals surface area contributed by atoms with E-state index in [1.165, 1.54) is 7.11 Å². The Hall–Kier alpha value is -1.25. The predicted octanol–water partition coefficient (Wildman–Crippen LogP) is 1.39. The van der Waals surface area contributed by atoms with E-state index in [0.29, 0.717) is 0 Å². The molecule has 0 bridgehead atoms. The van der Waals surface area contributed by atoms with Crippen LogP contribution in [0.4, 0.5) is 0 Å². The van der Waals surface area contributed by atoms with Gasteiger partial charge in [0.1, 0.15) is 7.11 Å². The van der Waals surface area contributed by atoms with Gasteiger partial charge < -0.3 is 9.82 Å². The van der Waals surface area contributed by atoms with Gasteiger partial charge >= 0.3 is 0 Å². The van der Waals surface area contributed by atoms with Crippen LogP contribution in [0.2, 0.25) is 0 Å². The predicted molar refractivity (Wildman–Crippen MR) is 40.0 cm³/mol. The molecule has 0 radical (unpaired) electrons. The summed E-state index contributed by atoms with van der Waals surface area (Å²) in [6.07, 6.45) is 1.85. The van der Waals surface area contributed by atoms with Gasteiger partial charge in [-0.25, -0.2) is 0 Å². The monoisotopic (exact) mass is 138 g/mol. The van der Waals surface area contributed by atoms with E-state index in [0.717, 1.165) is 11.4 Å². The molecule has 54 valence electrons. The van der Waals surface area contributed by atoms with Crippen molar-refractivity contribution in [2.75, 3.05) is 7.11 Å². The van der Waals surface area contributed by atoms with Crippen LogP contribution < -0.4 is 0 Å². The summed E-state index contributed by atoms with van der Waals surface area (Å²) in [7, 11) is 1.53. The molecule has 1 aromatic rings. The molecular formula is C7H10N2O. The molecule has 0 aliphatic carbocycles. The number of rotatable bonds is 2. The SMILES string of the molecule is CO/N=C(/C)c1ccc[nH]1. The highest BCUT2D eigenvalue weighted by Crippen LogP contribution is 1.96. The van der Waals surface area contributed by atoms with E-state index in [-0.39, 0.29) is 0 Å². The van der Waals surface area contributed by atoms with Crippen molar-refractivity contribution in [3.63, 3.8) is 0 Å². The lowest BCUT2D eigenvalue weighted by Gasteiger charge is -1.93. The van der Waals surface area contributed by atoms with Crippen molar-refractivity contribution in [1.82, 2.24) is 4.98 Å². The van der Waals surface area contributed by atoms with Crippen LogP contribution in [-0.2, 0) is 4.84 Å². The van der Waals surface area contributed by atoms with Gasteiger partial charge in [-0.1, -0.05) is 5.16 Å². The van der Waals surface area contributed by atoms with Crippen LogP contribution in [-0.4, -0.2) is 17.8 Å². The third-order valence-corrected chi connectivity index (χ3v) is 1.22. The van der Waals surface area contributed by atoms with Crippen LogP contribution in [0.15, 0.2) is 23.5 Å². The molecule has 1 aromatic heterocycles. The maximum atomic E-state index is 4.60. The average molecular weight is 138 g/mol. The molecule has 0 atom stereocenters. The molecule has 1 rings (SSSR count). The fourth-order valence-corrected chi connectivity index (χ4v) is 0.741. The molecule has 0 aromatic carbocycles. The molecule has 10 heavy (non-hydrogen) atoms. The highest BCUT2D eigenvalue weighted by Gasteiger charge is 1.94. The lowest BCUT2D eigenvalue weighted by molar-refractivity contribution is 0.213. The summed E-state index contributed by atoms with van der Waals surface area (Å²) in [5, 5.41) is 3.75. The first-order valence-corrected chi connectivity index (χ1v) is 3.06. The summed E-state index contributed by atoms with van der Waals surface area (Å²) in [6.45, 7) is 1.88. The topological polar surface area (TPSA) is 37.4 Å². The zero-order valence-electron chi connectivity index (χ0n) is 6.09. The highest BCUT2D eigenvalue weighted by molar-refractivity contribution is 5.96. The largest absolute Gasteiger partial charge is 0.399 e. The van der Waals surface area contributed by atoms with Crippen LogP contribution in [0.25, 0.3) is 0 Å². The molecule has 0 amide bonds. The molecule has 0 saturated heterocycles. The molecule has 1 N–H and O–H groups in total. The van der Waals surface area contributed by atoms with Gasteiger partial charge in [0, 0.05) is 6.20 Å². The van der Waals surface area contributed by atoms with Gasteiger partial charge in [-0.3, -0.25) is 0 Å². The minimum atomic E-state index is 0.854. The third-order valence-electron chi connectivity index (χ3n) is 1.22. The summed E-state index contributed by atoms with van der Waals surface area (Å²) in [5.74, 6) is 0. The van der Waals surface area contributed by atoms with Crippen molar-refractivity contribution in [3.8, 4) is 0 Å². The van der Waals surface area contributed by atoms with Crippen molar-refractivity contribution in [2.45, 2.75) is 6.92 Å². The van der Waals surface area contributed by atoms with Gasteiger partial charge in [-0.2, -0.15) is 0 Å². The summed E-state index contributed by atoms with van der Waals surface area (Å²) >= 11 is 0.